The van der Waals surface area contributed by atoms with Gasteiger partial charge in [-0.15, -0.1) is 0 Å². The molecule has 25 heavy (non-hydrogen) atoms. The zero-order valence-electron chi connectivity index (χ0n) is 15.3. The number of amides is 1. The minimum atomic E-state index is -0.598. The summed E-state index contributed by atoms with van der Waals surface area (Å²) < 4.78 is 10.4. The number of esters is 1. The zero-order chi connectivity index (χ0) is 18.2. The average Bonchev–Trinajstić information content (AvgIpc) is 3.16. The number of ether oxygens (including phenoxy) is 2. The summed E-state index contributed by atoms with van der Waals surface area (Å²) in [6.45, 7) is 7.63. The molecule has 0 aliphatic carbocycles. The van der Waals surface area contributed by atoms with Crippen molar-refractivity contribution in [3.05, 3.63) is 35.4 Å². The zero-order valence-corrected chi connectivity index (χ0v) is 15.3. The van der Waals surface area contributed by atoms with E-state index in [-0.39, 0.29) is 12.0 Å². The standard InChI is InChI=1S/C19H26N2O4/c1-19(2,3)25-18(23)21-12-15(9-16(21)17(22)24-4)20-10-13-7-5-6-8-14(13)11-20/h5-8,15-16H,9-12H2,1-4H3/t15-,16+/m1/s1. The number of carbonyl (C=O) groups is 2. The number of hydrogen-bond acceptors (Lipinski definition) is 5. The first kappa shape index (κ1) is 17.7. The molecule has 2 atom stereocenters. The summed E-state index contributed by atoms with van der Waals surface area (Å²) in [5, 5.41) is 0. The fourth-order valence-corrected chi connectivity index (χ4v) is 3.58. The second-order valence-electron chi connectivity index (χ2n) is 7.73. The van der Waals surface area contributed by atoms with E-state index in [0.29, 0.717) is 13.0 Å². The van der Waals surface area contributed by atoms with E-state index in [1.807, 2.05) is 32.9 Å². The average molecular weight is 346 g/mol. The van der Waals surface area contributed by atoms with Crippen molar-refractivity contribution in [2.45, 2.75) is 58.0 Å². The summed E-state index contributed by atoms with van der Waals surface area (Å²) in [5.41, 5.74) is 2.03. The quantitative estimate of drug-likeness (QED) is 0.770. The van der Waals surface area contributed by atoms with Crippen LogP contribution in [0.4, 0.5) is 4.79 Å². The van der Waals surface area contributed by atoms with E-state index in [4.69, 9.17) is 9.47 Å². The van der Waals surface area contributed by atoms with Crippen LogP contribution in [0.3, 0.4) is 0 Å². The van der Waals surface area contributed by atoms with Gasteiger partial charge in [-0.2, -0.15) is 0 Å². The van der Waals surface area contributed by atoms with E-state index in [1.165, 1.54) is 23.1 Å². The number of carbonyl (C=O) groups excluding carboxylic acids is 2. The van der Waals surface area contributed by atoms with Crippen LogP contribution in [0.25, 0.3) is 0 Å². The van der Waals surface area contributed by atoms with Crippen LogP contribution in [0.15, 0.2) is 24.3 Å². The first-order valence-electron chi connectivity index (χ1n) is 8.67. The Hall–Kier alpha value is -2.08. The molecule has 1 aromatic rings. The van der Waals surface area contributed by atoms with Crippen molar-refractivity contribution in [1.82, 2.24) is 9.80 Å². The van der Waals surface area contributed by atoms with Gasteiger partial charge in [0.25, 0.3) is 0 Å². The lowest BCUT2D eigenvalue weighted by Gasteiger charge is -2.27. The molecule has 6 heteroatoms. The summed E-state index contributed by atoms with van der Waals surface area (Å²) >= 11 is 0. The van der Waals surface area contributed by atoms with Crippen molar-refractivity contribution < 1.29 is 19.1 Å². The molecule has 2 heterocycles. The summed E-state index contributed by atoms with van der Waals surface area (Å²) in [6.07, 6.45) is 0.113. The molecule has 0 spiro atoms. The van der Waals surface area contributed by atoms with Crippen LogP contribution < -0.4 is 0 Å². The third kappa shape index (κ3) is 3.79. The number of nitrogens with zero attached hydrogens (tertiary/aromatic N) is 2. The molecular formula is C19H26N2O4. The molecule has 2 aliphatic heterocycles. The maximum Gasteiger partial charge on any atom is 0.411 e. The molecule has 0 saturated carbocycles. The highest BCUT2D eigenvalue weighted by Crippen LogP contribution is 2.31. The number of hydrogen-bond donors (Lipinski definition) is 0. The third-order valence-electron chi connectivity index (χ3n) is 4.76. The van der Waals surface area contributed by atoms with Crippen molar-refractivity contribution in [2.75, 3.05) is 13.7 Å². The largest absolute Gasteiger partial charge is 0.467 e. The van der Waals surface area contributed by atoms with Gasteiger partial charge in [0.2, 0.25) is 0 Å². The highest BCUT2D eigenvalue weighted by atomic mass is 16.6. The van der Waals surface area contributed by atoms with Gasteiger partial charge in [0.1, 0.15) is 11.6 Å². The summed E-state index contributed by atoms with van der Waals surface area (Å²) in [7, 11) is 1.36. The van der Waals surface area contributed by atoms with Crippen molar-refractivity contribution in [3.63, 3.8) is 0 Å². The molecule has 0 bridgehead atoms. The molecule has 1 fully saturated rings. The molecule has 2 aliphatic rings. The van der Waals surface area contributed by atoms with Crippen LogP contribution in [0.1, 0.15) is 38.3 Å². The molecule has 0 unspecified atom stereocenters. The summed E-state index contributed by atoms with van der Waals surface area (Å²) in [5.74, 6) is -0.384. The number of fused-ring (bicyclic) bond motifs is 1. The lowest BCUT2D eigenvalue weighted by Crippen LogP contribution is -2.44. The number of benzene rings is 1. The second-order valence-corrected chi connectivity index (χ2v) is 7.73. The van der Waals surface area contributed by atoms with Crippen LogP contribution >= 0.6 is 0 Å². The normalized spacial score (nSPS) is 23.4. The lowest BCUT2D eigenvalue weighted by atomic mass is 10.1. The topological polar surface area (TPSA) is 59.1 Å². The smallest absolute Gasteiger partial charge is 0.411 e. The Morgan fingerprint density at radius 2 is 1.72 bits per heavy atom. The van der Waals surface area contributed by atoms with Gasteiger partial charge >= 0.3 is 12.1 Å². The van der Waals surface area contributed by atoms with Crippen LogP contribution in [0, 0.1) is 0 Å². The Balaban J connectivity index is 1.74. The first-order chi connectivity index (χ1) is 11.8. The Kier molecular flexibility index (Phi) is 4.73. The van der Waals surface area contributed by atoms with E-state index in [2.05, 4.69) is 17.0 Å². The molecule has 1 saturated heterocycles. The van der Waals surface area contributed by atoms with Crippen molar-refractivity contribution in [1.29, 1.82) is 0 Å². The van der Waals surface area contributed by atoms with Gasteiger partial charge < -0.3 is 9.47 Å². The monoisotopic (exact) mass is 346 g/mol. The van der Waals surface area contributed by atoms with Crippen molar-refractivity contribution in [3.8, 4) is 0 Å². The SMILES string of the molecule is COC(=O)[C@@H]1C[C@@H](N2Cc3ccccc3C2)CN1C(=O)OC(C)(C)C. The number of likely N-dealkylation sites (tertiary alicyclic amines) is 1. The van der Waals surface area contributed by atoms with Crippen LogP contribution in [-0.2, 0) is 27.4 Å². The Bertz CT molecular complexity index is 643. The predicted molar refractivity (Wildman–Crippen MR) is 92.8 cm³/mol. The fraction of sp³-hybridized carbons (Fsp3) is 0.579. The maximum atomic E-state index is 12.5. The third-order valence-corrected chi connectivity index (χ3v) is 4.76. The molecule has 0 aromatic heterocycles. The second kappa shape index (κ2) is 6.67. The number of methoxy groups -OCH3 is 1. The van der Waals surface area contributed by atoms with Gasteiger partial charge in [-0.3, -0.25) is 9.80 Å². The molecule has 1 amide bonds. The Morgan fingerprint density at radius 1 is 1.12 bits per heavy atom. The van der Waals surface area contributed by atoms with E-state index in [1.54, 1.807) is 0 Å². The predicted octanol–water partition coefficient (Wildman–Crippen LogP) is 2.55. The van der Waals surface area contributed by atoms with Crippen LogP contribution in [-0.4, -0.2) is 53.2 Å². The highest BCUT2D eigenvalue weighted by molar-refractivity contribution is 5.82. The van der Waals surface area contributed by atoms with E-state index >= 15 is 0 Å². The molecule has 0 N–H and O–H groups in total. The highest BCUT2D eigenvalue weighted by Gasteiger charge is 2.44. The number of rotatable bonds is 2. The summed E-state index contributed by atoms with van der Waals surface area (Å²) in [4.78, 5) is 28.6. The molecular weight excluding hydrogens is 320 g/mol. The van der Waals surface area contributed by atoms with Gasteiger partial charge in [0.15, 0.2) is 0 Å². The first-order valence-corrected chi connectivity index (χ1v) is 8.67. The minimum Gasteiger partial charge on any atom is -0.467 e. The fourth-order valence-electron chi connectivity index (χ4n) is 3.58. The van der Waals surface area contributed by atoms with Gasteiger partial charge in [0.05, 0.1) is 7.11 Å². The Morgan fingerprint density at radius 3 is 2.24 bits per heavy atom. The molecule has 1 aromatic carbocycles. The summed E-state index contributed by atoms with van der Waals surface area (Å²) in [6, 6.07) is 7.88. The molecule has 0 radical (unpaired) electrons. The van der Waals surface area contributed by atoms with Gasteiger partial charge in [0, 0.05) is 25.7 Å². The van der Waals surface area contributed by atoms with Crippen LogP contribution in [0.2, 0.25) is 0 Å². The van der Waals surface area contributed by atoms with Gasteiger partial charge in [-0.25, -0.2) is 9.59 Å². The molecule has 6 nitrogen and oxygen atoms in total. The van der Waals surface area contributed by atoms with Gasteiger partial charge in [-0.05, 0) is 38.3 Å². The van der Waals surface area contributed by atoms with Gasteiger partial charge in [-0.1, -0.05) is 24.3 Å². The molecule has 3 rings (SSSR count). The Labute approximate surface area is 148 Å². The van der Waals surface area contributed by atoms with E-state index < -0.39 is 17.7 Å². The van der Waals surface area contributed by atoms with E-state index in [9.17, 15) is 9.59 Å². The molecule has 136 valence electrons. The minimum absolute atomic E-state index is 0.115. The maximum absolute atomic E-state index is 12.5. The lowest BCUT2D eigenvalue weighted by molar-refractivity contribution is -0.145. The van der Waals surface area contributed by atoms with Crippen molar-refractivity contribution in [2.24, 2.45) is 0 Å². The van der Waals surface area contributed by atoms with Crippen molar-refractivity contribution >= 4 is 12.1 Å². The van der Waals surface area contributed by atoms with Crippen LogP contribution in [0.5, 0.6) is 0 Å². The van der Waals surface area contributed by atoms with E-state index in [0.717, 1.165) is 13.1 Å².